The summed E-state index contributed by atoms with van der Waals surface area (Å²) in [4.78, 5) is 22.4. The maximum Gasteiger partial charge on any atom is 0.242 e. The maximum atomic E-state index is 11.3. The molecule has 1 saturated heterocycles. The van der Waals surface area contributed by atoms with Gasteiger partial charge in [0.05, 0.1) is 5.25 Å². The molecule has 1 aliphatic rings. The van der Waals surface area contributed by atoms with Crippen molar-refractivity contribution < 1.29 is 9.59 Å². The summed E-state index contributed by atoms with van der Waals surface area (Å²) in [5.74, 6) is -0.252. The fourth-order valence-corrected chi connectivity index (χ4v) is 1.26. The van der Waals surface area contributed by atoms with Crippen LogP contribution in [-0.2, 0) is 9.59 Å². The SMILES string of the molecule is CCC(S)C(=O)NC1CCNC1=O. The summed E-state index contributed by atoms with van der Waals surface area (Å²) in [6.45, 7) is 2.53. The zero-order valence-electron chi connectivity index (χ0n) is 7.54. The van der Waals surface area contributed by atoms with E-state index >= 15 is 0 Å². The molecule has 2 N–H and O–H groups in total. The number of carbonyl (C=O) groups is 2. The molecule has 0 radical (unpaired) electrons. The van der Waals surface area contributed by atoms with Crippen molar-refractivity contribution in [2.24, 2.45) is 0 Å². The fraction of sp³-hybridized carbons (Fsp3) is 0.750. The number of hydrogen-bond donors (Lipinski definition) is 3. The average Bonchev–Trinajstić information content (AvgIpc) is 2.50. The Morgan fingerprint density at radius 1 is 1.85 bits per heavy atom. The summed E-state index contributed by atoms with van der Waals surface area (Å²) in [6, 6.07) is -0.353. The van der Waals surface area contributed by atoms with Gasteiger partial charge in [-0.25, -0.2) is 0 Å². The largest absolute Gasteiger partial charge is 0.354 e. The van der Waals surface area contributed by atoms with Crippen molar-refractivity contribution in [3.63, 3.8) is 0 Å². The fourth-order valence-electron chi connectivity index (χ4n) is 1.19. The van der Waals surface area contributed by atoms with Crippen molar-refractivity contribution in [1.29, 1.82) is 0 Å². The lowest BCUT2D eigenvalue weighted by Crippen LogP contribution is -2.43. The second-order valence-corrected chi connectivity index (χ2v) is 3.69. The van der Waals surface area contributed by atoms with E-state index in [4.69, 9.17) is 0 Å². The van der Waals surface area contributed by atoms with E-state index in [-0.39, 0.29) is 23.1 Å². The Balaban J connectivity index is 2.39. The van der Waals surface area contributed by atoms with Gasteiger partial charge in [-0.1, -0.05) is 6.92 Å². The number of hydrogen-bond acceptors (Lipinski definition) is 3. The van der Waals surface area contributed by atoms with Crippen LogP contribution in [-0.4, -0.2) is 29.7 Å². The van der Waals surface area contributed by atoms with Crippen LogP contribution in [0.1, 0.15) is 19.8 Å². The van der Waals surface area contributed by atoms with Crippen LogP contribution in [0.5, 0.6) is 0 Å². The van der Waals surface area contributed by atoms with Crippen molar-refractivity contribution >= 4 is 24.4 Å². The maximum absolute atomic E-state index is 11.3. The number of thiol groups is 1. The number of nitrogens with one attached hydrogen (secondary N) is 2. The molecule has 0 spiro atoms. The van der Waals surface area contributed by atoms with Crippen molar-refractivity contribution in [2.45, 2.75) is 31.1 Å². The van der Waals surface area contributed by atoms with Gasteiger partial charge < -0.3 is 10.6 Å². The van der Waals surface area contributed by atoms with Gasteiger partial charge in [-0.3, -0.25) is 9.59 Å². The Bertz CT molecular complexity index is 220. The summed E-state index contributed by atoms with van der Waals surface area (Å²) >= 11 is 4.08. The summed E-state index contributed by atoms with van der Waals surface area (Å²) in [7, 11) is 0. The van der Waals surface area contributed by atoms with Crippen LogP contribution in [0, 0.1) is 0 Å². The lowest BCUT2D eigenvalue weighted by molar-refractivity contribution is -0.127. The van der Waals surface area contributed by atoms with Gasteiger partial charge in [-0.05, 0) is 12.8 Å². The molecular weight excluding hydrogens is 188 g/mol. The van der Waals surface area contributed by atoms with Crippen LogP contribution in [0.15, 0.2) is 0 Å². The third-order valence-electron chi connectivity index (χ3n) is 2.05. The molecule has 74 valence electrons. The number of rotatable bonds is 3. The molecule has 0 saturated carbocycles. The van der Waals surface area contributed by atoms with Gasteiger partial charge in [0.1, 0.15) is 6.04 Å². The van der Waals surface area contributed by atoms with Crippen LogP contribution in [0.25, 0.3) is 0 Å². The molecule has 1 aliphatic heterocycles. The Labute approximate surface area is 82.9 Å². The highest BCUT2D eigenvalue weighted by Crippen LogP contribution is 2.04. The van der Waals surface area contributed by atoms with E-state index in [0.29, 0.717) is 19.4 Å². The molecule has 2 atom stereocenters. The second-order valence-electron chi connectivity index (χ2n) is 3.06. The first kappa shape index (κ1) is 10.4. The first-order valence-corrected chi connectivity index (χ1v) is 4.93. The van der Waals surface area contributed by atoms with Crippen LogP contribution in [0.4, 0.5) is 0 Å². The summed E-state index contributed by atoms with van der Waals surface area (Å²) in [5, 5.41) is 4.99. The molecule has 0 aromatic rings. The Hall–Kier alpha value is -0.710. The predicted molar refractivity (Wildman–Crippen MR) is 52.6 cm³/mol. The van der Waals surface area contributed by atoms with Crippen molar-refractivity contribution in [3.05, 3.63) is 0 Å². The van der Waals surface area contributed by atoms with E-state index in [1.807, 2.05) is 6.92 Å². The molecule has 0 aromatic carbocycles. The van der Waals surface area contributed by atoms with Gasteiger partial charge >= 0.3 is 0 Å². The van der Waals surface area contributed by atoms with Gasteiger partial charge in [-0.2, -0.15) is 12.6 Å². The van der Waals surface area contributed by atoms with Gasteiger partial charge in [0.2, 0.25) is 11.8 Å². The molecule has 2 unspecified atom stereocenters. The monoisotopic (exact) mass is 202 g/mol. The third-order valence-corrected chi connectivity index (χ3v) is 2.65. The minimum Gasteiger partial charge on any atom is -0.354 e. The molecule has 1 rings (SSSR count). The summed E-state index contributed by atoms with van der Waals surface area (Å²) in [5.41, 5.74) is 0. The van der Waals surface area contributed by atoms with Crippen LogP contribution in [0.3, 0.4) is 0 Å². The Kier molecular flexibility index (Phi) is 3.59. The zero-order chi connectivity index (χ0) is 9.84. The van der Waals surface area contributed by atoms with E-state index in [0.717, 1.165) is 0 Å². The molecule has 4 nitrogen and oxygen atoms in total. The van der Waals surface area contributed by atoms with Crippen LogP contribution in [0.2, 0.25) is 0 Å². The average molecular weight is 202 g/mol. The van der Waals surface area contributed by atoms with E-state index in [9.17, 15) is 9.59 Å². The van der Waals surface area contributed by atoms with Crippen molar-refractivity contribution in [2.75, 3.05) is 6.54 Å². The minimum atomic E-state index is -0.353. The molecular formula is C8H14N2O2S. The lowest BCUT2D eigenvalue weighted by Gasteiger charge is -2.12. The Morgan fingerprint density at radius 3 is 3.00 bits per heavy atom. The topological polar surface area (TPSA) is 58.2 Å². The molecule has 0 aliphatic carbocycles. The molecule has 5 heteroatoms. The zero-order valence-corrected chi connectivity index (χ0v) is 8.43. The highest BCUT2D eigenvalue weighted by molar-refractivity contribution is 7.81. The highest BCUT2D eigenvalue weighted by atomic mass is 32.1. The molecule has 2 amide bonds. The minimum absolute atomic E-state index is 0.0926. The van der Waals surface area contributed by atoms with Crippen LogP contribution >= 0.6 is 12.6 Å². The quantitative estimate of drug-likeness (QED) is 0.550. The van der Waals surface area contributed by atoms with E-state index in [2.05, 4.69) is 23.3 Å². The summed E-state index contributed by atoms with van der Waals surface area (Å²) < 4.78 is 0. The van der Waals surface area contributed by atoms with E-state index in [1.54, 1.807) is 0 Å². The smallest absolute Gasteiger partial charge is 0.242 e. The molecule has 1 fully saturated rings. The molecule has 0 aromatic heterocycles. The molecule has 0 bridgehead atoms. The number of carbonyl (C=O) groups excluding carboxylic acids is 2. The molecule has 13 heavy (non-hydrogen) atoms. The highest BCUT2D eigenvalue weighted by Gasteiger charge is 2.26. The second kappa shape index (κ2) is 4.50. The first-order valence-electron chi connectivity index (χ1n) is 4.41. The van der Waals surface area contributed by atoms with Crippen molar-refractivity contribution in [1.82, 2.24) is 10.6 Å². The van der Waals surface area contributed by atoms with Crippen molar-refractivity contribution in [3.8, 4) is 0 Å². The number of amides is 2. The predicted octanol–water partition coefficient (Wildman–Crippen LogP) is -0.301. The third kappa shape index (κ3) is 2.62. The summed E-state index contributed by atoms with van der Waals surface area (Å²) in [6.07, 6.45) is 1.35. The van der Waals surface area contributed by atoms with E-state index < -0.39 is 0 Å². The normalized spacial score (nSPS) is 23.8. The molecule has 1 heterocycles. The van der Waals surface area contributed by atoms with Gasteiger partial charge in [-0.15, -0.1) is 0 Å². The first-order chi connectivity index (χ1) is 6.15. The Morgan fingerprint density at radius 2 is 2.54 bits per heavy atom. The van der Waals surface area contributed by atoms with Gasteiger partial charge in [0, 0.05) is 6.54 Å². The standard InChI is InChI=1S/C8H14N2O2S/c1-2-6(13)8(12)10-5-3-4-9-7(5)11/h5-6,13H,2-4H2,1H3,(H,9,11)(H,10,12). The van der Waals surface area contributed by atoms with Gasteiger partial charge in [0.25, 0.3) is 0 Å². The lowest BCUT2D eigenvalue weighted by atomic mass is 10.2. The van der Waals surface area contributed by atoms with E-state index in [1.165, 1.54) is 0 Å². The van der Waals surface area contributed by atoms with Crippen LogP contribution < -0.4 is 10.6 Å². The van der Waals surface area contributed by atoms with Gasteiger partial charge in [0.15, 0.2) is 0 Å².